The van der Waals surface area contributed by atoms with Crippen molar-refractivity contribution in [3.8, 4) is 0 Å². The molecule has 0 aromatic rings. The smallest absolute Gasteiger partial charge is 0.312 e. The lowest BCUT2D eigenvalue weighted by Gasteiger charge is -2.26. The van der Waals surface area contributed by atoms with Gasteiger partial charge in [0.25, 0.3) is 0 Å². The summed E-state index contributed by atoms with van der Waals surface area (Å²) >= 11 is 0. The molecule has 2 fully saturated rings. The van der Waals surface area contributed by atoms with Crippen LogP contribution in [-0.4, -0.2) is 23.3 Å². The van der Waals surface area contributed by atoms with Crippen LogP contribution in [0.2, 0.25) is 0 Å². The fraction of sp³-hybridized carbons (Fsp3) is 0.875. The zero-order valence-electron chi connectivity index (χ0n) is 6.76. The van der Waals surface area contributed by atoms with E-state index in [1.807, 2.05) is 13.8 Å². The molecule has 1 N–H and O–H groups in total. The number of carboxylic acids is 1. The Morgan fingerprint density at radius 2 is 2.27 bits per heavy atom. The van der Waals surface area contributed by atoms with E-state index in [0.717, 1.165) is 6.42 Å². The molecule has 2 rings (SSSR count). The highest BCUT2D eigenvalue weighted by atomic mass is 16.5. The van der Waals surface area contributed by atoms with Crippen molar-refractivity contribution in [3.63, 3.8) is 0 Å². The molecular formula is C8H12O3. The van der Waals surface area contributed by atoms with Gasteiger partial charge in [0.05, 0.1) is 12.2 Å². The van der Waals surface area contributed by atoms with Gasteiger partial charge in [-0.15, -0.1) is 0 Å². The van der Waals surface area contributed by atoms with Crippen LogP contribution in [0.1, 0.15) is 20.3 Å². The highest BCUT2D eigenvalue weighted by Gasteiger charge is 2.73. The molecule has 11 heavy (non-hydrogen) atoms. The minimum Gasteiger partial charge on any atom is -0.481 e. The van der Waals surface area contributed by atoms with Gasteiger partial charge >= 0.3 is 5.97 Å². The Labute approximate surface area is 65.4 Å². The predicted molar refractivity (Wildman–Crippen MR) is 38.2 cm³/mol. The largest absolute Gasteiger partial charge is 0.481 e. The zero-order valence-corrected chi connectivity index (χ0v) is 6.76. The van der Waals surface area contributed by atoms with E-state index in [1.54, 1.807) is 0 Å². The number of hydrogen-bond acceptors (Lipinski definition) is 2. The van der Waals surface area contributed by atoms with Crippen molar-refractivity contribution >= 4 is 5.97 Å². The molecule has 0 bridgehead atoms. The van der Waals surface area contributed by atoms with Crippen LogP contribution in [0.25, 0.3) is 0 Å². The molecule has 2 aliphatic rings. The van der Waals surface area contributed by atoms with Gasteiger partial charge in [-0.25, -0.2) is 0 Å². The molecule has 1 saturated heterocycles. The van der Waals surface area contributed by atoms with Crippen molar-refractivity contribution in [2.75, 3.05) is 6.61 Å². The monoisotopic (exact) mass is 156 g/mol. The molecule has 1 aliphatic heterocycles. The maximum absolute atomic E-state index is 10.9. The minimum atomic E-state index is -0.690. The lowest BCUT2D eigenvalue weighted by molar-refractivity contribution is -0.151. The summed E-state index contributed by atoms with van der Waals surface area (Å²) in [6, 6.07) is 0. The number of hydrogen-bond donors (Lipinski definition) is 1. The second-order valence-electron chi connectivity index (χ2n) is 4.00. The van der Waals surface area contributed by atoms with Gasteiger partial charge in [-0.3, -0.25) is 4.79 Å². The van der Waals surface area contributed by atoms with E-state index >= 15 is 0 Å². The lowest BCUT2D eigenvalue weighted by Crippen LogP contribution is -2.38. The topological polar surface area (TPSA) is 46.5 Å². The molecule has 1 aliphatic carbocycles. The van der Waals surface area contributed by atoms with E-state index < -0.39 is 17.0 Å². The van der Waals surface area contributed by atoms with Gasteiger partial charge in [0.15, 0.2) is 0 Å². The first-order valence-electron chi connectivity index (χ1n) is 3.88. The molecule has 3 nitrogen and oxygen atoms in total. The van der Waals surface area contributed by atoms with Crippen molar-refractivity contribution in [2.45, 2.75) is 25.9 Å². The van der Waals surface area contributed by atoms with Crippen LogP contribution < -0.4 is 0 Å². The molecule has 1 heterocycles. The Balaban J connectivity index is 2.35. The van der Waals surface area contributed by atoms with E-state index in [0.29, 0.717) is 6.61 Å². The Kier molecular flexibility index (Phi) is 1.04. The fourth-order valence-electron chi connectivity index (χ4n) is 2.23. The number of rotatable bonds is 1. The van der Waals surface area contributed by atoms with Crippen LogP contribution in [0.4, 0.5) is 0 Å². The molecule has 0 radical (unpaired) electrons. The third-order valence-electron chi connectivity index (χ3n) is 3.21. The molecule has 0 aromatic carbocycles. The summed E-state index contributed by atoms with van der Waals surface area (Å²) in [5, 5.41) is 8.97. The summed E-state index contributed by atoms with van der Waals surface area (Å²) in [4.78, 5) is 10.9. The van der Waals surface area contributed by atoms with Crippen molar-refractivity contribution < 1.29 is 14.6 Å². The molecule has 3 heteroatoms. The van der Waals surface area contributed by atoms with Crippen molar-refractivity contribution in [1.29, 1.82) is 0 Å². The fourth-order valence-corrected chi connectivity index (χ4v) is 2.23. The summed E-state index contributed by atoms with van der Waals surface area (Å²) < 4.78 is 5.39. The second-order valence-corrected chi connectivity index (χ2v) is 4.00. The van der Waals surface area contributed by atoms with Crippen LogP contribution in [0.15, 0.2) is 0 Å². The Morgan fingerprint density at radius 1 is 1.64 bits per heavy atom. The van der Waals surface area contributed by atoms with Crippen molar-refractivity contribution in [2.24, 2.45) is 11.3 Å². The first kappa shape index (κ1) is 7.10. The first-order valence-corrected chi connectivity index (χ1v) is 3.88. The third kappa shape index (κ3) is 0.601. The number of carbonyl (C=O) groups is 1. The van der Waals surface area contributed by atoms with Crippen molar-refractivity contribution in [3.05, 3.63) is 0 Å². The van der Waals surface area contributed by atoms with Gasteiger partial charge in [0.1, 0.15) is 5.41 Å². The summed E-state index contributed by atoms with van der Waals surface area (Å²) in [5.74, 6) is -0.417. The van der Waals surface area contributed by atoms with Crippen LogP contribution >= 0.6 is 0 Å². The SMILES string of the molecule is CC1(C)OC[C@H]2C[C@@]21C(=O)O. The maximum atomic E-state index is 10.9. The second kappa shape index (κ2) is 1.61. The molecule has 1 saturated carbocycles. The molecule has 0 unspecified atom stereocenters. The molecule has 62 valence electrons. The van der Waals surface area contributed by atoms with Gasteiger partial charge in [-0.1, -0.05) is 0 Å². The maximum Gasteiger partial charge on any atom is 0.312 e. The summed E-state index contributed by atoms with van der Waals surface area (Å²) in [5.41, 5.74) is -1.00. The first-order chi connectivity index (χ1) is 5.01. The Hall–Kier alpha value is -0.570. The zero-order chi connectivity index (χ0) is 8.28. The number of aliphatic carboxylic acids is 1. The summed E-state index contributed by atoms with van der Waals surface area (Å²) in [6.45, 7) is 4.36. The summed E-state index contributed by atoms with van der Waals surface area (Å²) in [7, 11) is 0. The number of carboxylic acid groups (broad SMARTS) is 1. The van der Waals surface area contributed by atoms with E-state index in [-0.39, 0.29) is 5.92 Å². The summed E-state index contributed by atoms with van der Waals surface area (Å²) in [6.07, 6.45) is 0.801. The molecule has 0 spiro atoms. The predicted octanol–water partition coefficient (Wildman–Crippen LogP) is 0.886. The molecular weight excluding hydrogens is 144 g/mol. The standard InChI is InChI=1S/C8H12O3/c1-7(2)8(6(9)10)3-5(8)4-11-7/h5H,3-4H2,1-2H3,(H,9,10)/t5-,8+/m1/s1. The van der Waals surface area contributed by atoms with Crippen LogP contribution in [0, 0.1) is 11.3 Å². The Morgan fingerprint density at radius 3 is 2.45 bits per heavy atom. The van der Waals surface area contributed by atoms with Crippen LogP contribution in [0.3, 0.4) is 0 Å². The lowest BCUT2D eigenvalue weighted by atomic mass is 9.87. The van der Waals surface area contributed by atoms with Gasteiger partial charge in [0, 0.05) is 5.92 Å². The van der Waals surface area contributed by atoms with Gasteiger partial charge < -0.3 is 9.84 Å². The van der Waals surface area contributed by atoms with Crippen LogP contribution in [-0.2, 0) is 9.53 Å². The molecule has 0 aromatic heterocycles. The highest BCUT2D eigenvalue weighted by molar-refractivity contribution is 5.81. The molecule has 2 atom stereocenters. The van der Waals surface area contributed by atoms with E-state index in [4.69, 9.17) is 9.84 Å². The highest BCUT2D eigenvalue weighted by Crippen LogP contribution is 2.65. The van der Waals surface area contributed by atoms with Crippen molar-refractivity contribution in [1.82, 2.24) is 0 Å². The molecule has 0 amide bonds. The average molecular weight is 156 g/mol. The van der Waals surface area contributed by atoms with Gasteiger partial charge in [0.2, 0.25) is 0 Å². The number of ether oxygens (including phenoxy) is 1. The van der Waals surface area contributed by atoms with Crippen LogP contribution in [0.5, 0.6) is 0 Å². The normalized spacial score (nSPS) is 45.1. The Bertz CT molecular complexity index is 221. The quantitative estimate of drug-likeness (QED) is 0.613. The number of fused-ring (bicyclic) bond motifs is 1. The van der Waals surface area contributed by atoms with E-state index in [9.17, 15) is 4.79 Å². The third-order valence-corrected chi connectivity index (χ3v) is 3.21. The minimum absolute atomic E-state index is 0.273. The van der Waals surface area contributed by atoms with Gasteiger partial charge in [-0.2, -0.15) is 0 Å². The van der Waals surface area contributed by atoms with E-state index in [1.165, 1.54) is 0 Å². The van der Waals surface area contributed by atoms with E-state index in [2.05, 4.69) is 0 Å². The average Bonchev–Trinajstić information content (AvgIpc) is 2.53. The van der Waals surface area contributed by atoms with Gasteiger partial charge in [-0.05, 0) is 20.3 Å².